The van der Waals surface area contributed by atoms with E-state index in [0.717, 1.165) is 64.9 Å². The molecule has 6 nitrogen and oxygen atoms in total. The number of aliphatic imine (C=N–C) groups is 1. The predicted molar refractivity (Wildman–Crippen MR) is 91.5 cm³/mol. The fraction of sp³-hybridized carbons (Fsp3) is 0.938. The molecule has 0 aromatic carbocycles. The maximum atomic E-state index is 5.76. The van der Waals surface area contributed by atoms with Crippen molar-refractivity contribution >= 4 is 5.96 Å². The van der Waals surface area contributed by atoms with E-state index in [1.807, 2.05) is 7.05 Å². The van der Waals surface area contributed by atoms with Gasteiger partial charge >= 0.3 is 0 Å². The van der Waals surface area contributed by atoms with Crippen molar-refractivity contribution in [3.63, 3.8) is 0 Å². The Balaban J connectivity index is 2.16. The average molecular weight is 314 g/mol. The molecule has 0 saturated carbocycles. The first-order chi connectivity index (χ1) is 10.7. The normalized spacial score (nSPS) is 18.5. The molecule has 2 N–H and O–H groups in total. The second kappa shape index (κ2) is 11.7. The molecule has 1 unspecified atom stereocenters. The zero-order chi connectivity index (χ0) is 16.2. The second-order valence-electron chi connectivity index (χ2n) is 5.91. The third-order valence-corrected chi connectivity index (χ3v) is 3.89. The molecule has 1 heterocycles. The number of guanidine groups is 1. The molecular weight excluding hydrogens is 280 g/mol. The smallest absolute Gasteiger partial charge is 0.191 e. The summed E-state index contributed by atoms with van der Waals surface area (Å²) >= 11 is 0. The highest BCUT2D eigenvalue weighted by Gasteiger charge is 2.13. The number of morpholine rings is 1. The van der Waals surface area contributed by atoms with Crippen molar-refractivity contribution in [2.24, 2.45) is 10.9 Å². The van der Waals surface area contributed by atoms with Gasteiger partial charge in [0.05, 0.1) is 19.3 Å². The highest BCUT2D eigenvalue weighted by Crippen LogP contribution is 2.09. The standard InChI is InChI=1S/C16H34N4O2/c1-5-22-15(14(2)3)6-7-18-16(17-4)19-8-9-20-10-12-21-13-11-20/h14-15H,5-13H2,1-4H3,(H2,17,18,19). The summed E-state index contributed by atoms with van der Waals surface area (Å²) in [5.41, 5.74) is 0. The molecule has 0 aromatic heterocycles. The van der Waals surface area contributed by atoms with Crippen LogP contribution < -0.4 is 10.6 Å². The van der Waals surface area contributed by atoms with E-state index in [0.29, 0.717) is 12.0 Å². The Kier molecular flexibility index (Phi) is 10.2. The Morgan fingerprint density at radius 1 is 1.23 bits per heavy atom. The molecule has 1 aliphatic rings. The van der Waals surface area contributed by atoms with Gasteiger partial charge in [-0.2, -0.15) is 0 Å². The maximum absolute atomic E-state index is 5.76. The zero-order valence-corrected chi connectivity index (χ0v) is 14.7. The molecule has 0 aliphatic carbocycles. The molecule has 1 fully saturated rings. The Morgan fingerprint density at radius 3 is 2.50 bits per heavy atom. The molecule has 0 aromatic rings. The average Bonchev–Trinajstić information content (AvgIpc) is 2.53. The third kappa shape index (κ3) is 7.96. The van der Waals surface area contributed by atoms with Crippen LogP contribution in [0, 0.1) is 5.92 Å². The molecule has 22 heavy (non-hydrogen) atoms. The van der Waals surface area contributed by atoms with E-state index >= 15 is 0 Å². The predicted octanol–water partition coefficient (Wildman–Crippen LogP) is 0.935. The quantitative estimate of drug-likeness (QED) is 0.490. The lowest BCUT2D eigenvalue weighted by atomic mass is 10.0. The molecular formula is C16H34N4O2. The molecule has 1 rings (SSSR count). The minimum atomic E-state index is 0.309. The third-order valence-electron chi connectivity index (χ3n) is 3.89. The molecule has 0 radical (unpaired) electrons. The van der Waals surface area contributed by atoms with E-state index < -0.39 is 0 Å². The summed E-state index contributed by atoms with van der Waals surface area (Å²) in [5, 5.41) is 6.73. The van der Waals surface area contributed by atoms with Crippen molar-refractivity contribution in [1.82, 2.24) is 15.5 Å². The highest BCUT2D eigenvalue weighted by atomic mass is 16.5. The van der Waals surface area contributed by atoms with Gasteiger partial charge in [0.1, 0.15) is 0 Å². The lowest BCUT2D eigenvalue weighted by Crippen LogP contribution is -2.45. The summed E-state index contributed by atoms with van der Waals surface area (Å²) in [6, 6.07) is 0. The Labute approximate surface area is 135 Å². The number of nitrogens with zero attached hydrogens (tertiary/aromatic N) is 2. The van der Waals surface area contributed by atoms with Gasteiger partial charge in [0.2, 0.25) is 0 Å². The first-order valence-electron chi connectivity index (χ1n) is 8.53. The minimum Gasteiger partial charge on any atom is -0.379 e. The van der Waals surface area contributed by atoms with Gasteiger partial charge in [0.15, 0.2) is 5.96 Å². The molecule has 130 valence electrons. The van der Waals surface area contributed by atoms with Crippen molar-refractivity contribution in [2.75, 3.05) is 59.6 Å². The van der Waals surface area contributed by atoms with Gasteiger partial charge < -0.3 is 20.1 Å². The monoisotopic (exact) mass is 314 g/mol. The number of hydrogen-bond acceptors (Lipinski definition) is 4. The fourth-order valence-corrected chi connectivity index (χ4v) is 2.53. The van der Waals surface area contributed by atoms with Gasteiger partial charge in [-0.15, -0.1) is 0 Å². The van der Waals surface area contributed by atoms with Gasteiger partial charge in [-0.3, -0.25) is 9.89 Å². The first-order valence-corrected chi connectivity index (χ1v) is 8.53. The molecule has 1 aliphatic heterocycles. The van der Waals surface area contributed by atoms with Crippen LogP contribution in [0.3, 0.4) is 0 Å². The SMILES string of the molecule is CCOC(CCNC(=NC)NCCN1CCOCC1)C(C)C. The molecule has 0 spiro atoms. The number of nitrogens with one attached hydrogen (secondary N) is 2. The number of ether oxygens (including phenoxy) is 2. The van der Waals surface area contributed by atoms with Crippen LogP contribution in [0.2, 0.25) is 0 Å². The van der Waals surface area contributed by atoms with Gasteiger partial charge in [-0.1, -0.05) is 13.8 Å². The van der Waals surface area contributed by atoms with Crippen molar-refractivity contribution in [3.05, 3.63) is 0 Å². The van der Waals surface area contributed by atoms with Gasteiger partial charge in [-0.05, 0) is 19.3 Å². The Morgan fingerprint density at radius 2 is 1.91 bits per heavy atom. The van der Waals surface area contributed by atoms with E-state index in [4.69, 9.17) is 9.47 Å². The van der Waals surface area contributed by atoms with Crippen LogP contribution >= 0.6 is 0 Å². The summed E-state index contributed by atoms with van der Waals surface area (Å²) in [7, 11) is 1.81. The van der Waals surface area contributed by atoms with E-state index in [9.17, 15) is 0 Å². The Bertz CT molecular complexity index is 305. The highest BCUT2D eigenvalue weighted by molar-refractivity contribution is 5.79. The Hall–Kier alpha value is -0.850. The van der Waals surface area contributed by atoms with Crippen molar-refractivity contribution in [3.8, 4) is 0 Å². The molecule has 0 bridgehead atoms. The van der Waals surface area contributed by atoms with Crippen molar-refractivity contribution in [2.45, 2.75) is 33.3 Å². The summed E-state index contributed by atoms with van der Waals surface area (Å²) < 4.78 is 11.1. The van der Waals surface area contributed by atoms with Crippen LogP contribution in [-0.4, -0.2) is 76.6 Å². The minimum absolute atomic E-state index is 0.309. The summed E-state index contributed by atoms with van der Waals surface area (Å²) in [4.78, 5) is 6.68. The van der Waals surface area contributed by atoms with Crippen molar-refractivity contribution in [1.29, 1.82) is 0 Å². The molecule has 6 heteroatoms. The number of hydrogen-bond donors (Lipinski definition) is 2. The second-order valence-corrected chi connectivity index (χ2v) is 5.91. The van der Waals surface area contributed by atoms with E-state index in [1.165, 1.54) is 0 Å². The summed E-state index contributed by atoms with van der Waals surface area (Å²) in [5.74, 6) is 1.41. The fourth-order valence-electron chi connectivity index (χ4n) is 2.53. The van der Waals surface area contributed by atoms with Crippen molar-refractivity contribution < 1.29 is 9.47 Å². The lowest BCUT2D eigenvalue weighted by Gasteiger charge is -2.27. The zero-order valence-electron chi connectivity index (χ0n) is 14.7. The summed E-state index contributed by atoms with van der Waals surface area (Å²) in [6.07, 6.45) is 1.30. The van der Waals surface area contributed by atoms with Crippen LogP contribution in [0.5, 0.6) is 0 Å². The van der Waals surface area contributed by atoms with E-state index in [-0.39, 0.29) is 0 Å². The van der Waals surface area contributed by atoms with Gasteiger partial charge in [0.25, 0.3) is 0 Å². The molecule has 0 amide bonds. The first kappa shape index (κ1) is 19.2. The van der Waals surface area contributed by atoms with Crippen LogP contribution in [-0.2, 0) is 9.47 Å². The topological polar surface area (TPSA) is 58.1 Å². The van der Waals surface area contributed by atoms with E-state index in [1.54, 1.807) is 0 Å². The largest absolute Gasteiger partial charge is 0.379 e. The van der Waals surface area contributed by atoms with Crippen LogP contribution in [0.25, 0.3) is 0 Å². The molecule has 1 atom stereocenters. The van der Waals surface area contributed by atoms with Crippen LogP contribution in [0.1, 0.15) is 27.2 Å². The van der Waals surface area contributed by atoms with Crippen LogP contribution in [0.4, 0.5) is 0 Å². The van der Waals surface area contributed by atoms with Gasteiger partial charge in [0, 0.05) is 46.4 Å². The number of rotatable bonds is 9. The molecule has 1 saturated heterocycles. The van der Waals surface area contributed by atoms with Crippen LogP contribution in [0.15, 0.2) is 4.99 Å². The van der Waals surface area contributed by atoms with E-state index in [2.05, 4.69) is 41.3 Å². The van der Waals surface area contributed by atoms with Gasteiger partial charge in [-0.25, -0.2) is 0 Å². The maximum Gasteiger partial charge on any atom is 0.191 e. The summed E-state index contributed by atoms with van der Waals surface area (Å²) in [6.45, 7) is 13.8. The lowest BCUT2D eigenvalue weighted by molar-refractivity contribution is 0.0258.